The van der Waals surface area contributed by atoms with Gasteiger partial charge in [0, 0.05) is 11.1 Å². The molecular formula is C58H41N. The number of benzene rings is 9. The molecule has 1 spiro atoms. The summed E-state index contributed by atoms with van der Waals surface area (Å²) in [6, 6.07) is 79.2. The highest BCUT2D eigenvalue weighted by molar-refractivity contribution is 5.96. The van der Waals surface area contributed by atoms with Crippen LogP contribution in [0.5, 0.6) is 0 Å². The van der Waals surface area contributed by atoms with Gasteiger partial charge in [-0.15, -0.1) is 0 Å². The van der Waals surface area contributed by atoms with Gasteiger partial charge in [0.1, 0.15) is 0 Å². The highest BCUT2D eigenvalue weighted by Crippen LogP contribution is 2.63. The summed E-state index contributed by atoms with van der Waals surface area (Å²) in [7, 11) is 0. The van der Waals surface area contributed by atoms with Gasteiger partial charge in [-0.05, 0) is 131 Å². The van der Waals surface area contributed by atoms with Gasteiger partial charge in [0.15, 0.2) is 0 Å². The molecule has 0 saturated carbocycles. The molecule has 9 aromatic rings. The summed E-state index contributed by atoms with van der Waals surface area (Å²) in [6.45, 7) is 4.81. The molecule has 2 aliphatic carbocycles. The first kappa shape index (κ1) is 33.9. The van der Waals surface area contributed by atoms with Crippen LogP contribution in [0.25, 0.3) is 55.6 Å². The predicted octanol–water partition coefficient (Wildman–Crippen LogP) is 15.1. The summed E-state index contributed by atoms with van der Waals surface area (Å²) >= 11 is 0. The van der Waals surface area contributed by atoms with Crippen molar-refractivity contribution in [2.45, 2.75) is 24.7 Å². The smallest absolute Gasteiger partial charge is 0.0725 e. The van der Waals surface area contributed by atoms with E-state index < -0.39 is 0 Å². The molecule has 0 N–H and O–H groups in total. The molecule has 3 aliphatic rings. The molecule has 1 nitrogen and oxygen atoms in total. The molecule has 1 aliphatic heterocycles. The van der Waals surface area contributed by atoms with Crippen molar-refractivity contribution in [2.75, 3.05) is 4.90 Å². The van der Waals surface area contributed by atoms with Gasteiger partial charge >= 0.3 is 0 Å². The molecule has 1 heteroatoms. The molecule has 1 heterocycles. The van der Waals surface area contributed by atoms with Crippen molar-refractivity contribution >= 4 is 17.1 Å². The minimum atomic E-state index is -0.377. The fourth-order valence-corrected chi connectivity index (χ4v) is 10.7. The minimum Gasteiger partial charge on any atom is -0.310 e. The Kier molecular flexibility index (Phi) is 7.26. The molecule has 0 fully saturated rings. The zero-order chi connectivity index (χ0) is 39.3. The lowest BCUT2D eigenvalue weighted by Crippen LogP contribution is -2.30. The van der Waals surface area contributed by atoms with Gasteiger partial charge in [-0.2, -0.15) is 0 Å². The third-order valence-corrected chi connectivity index (χ3v) is 13.5. The van der Waals surface area contributed by atoms with Crippen LogP contribution in [0.4, 0.5) is 17.1 Å². The van der Waals surface area contributed by atoms with E-state index in [1.165, 1.54) is 100 Å². The van der Waals surface area contributed by atoms with Crippen LogP contribution in [0.15, 0.2) is 212 Å². The fourth-order valence-electron chi connectivity index (χ4n) is 10.7. The second-order valence-corrected chi connectivity index (χ2v) is 16.9. The Hall–Kier alpha value is -7.22. The van der Waals surface area contributed by atoms with Crippen LogP contribution in [0.2, 0.25) is 0 Å². The maximum absolute atomic E-state index is 2.51. The van der Waals surface area contributed by atoms with Crippen LogP contribution < -0.4 is 4.90 Å². The molecule has 9 aromatic carbocycles. The Morgan fingerprint density at radius 2 is 0.644 bits per heavy atom. The SMILES string of the molecule is CC1(C)c2cc(-c3ccccc3)ccc2N(c2ccc(-c3ccccc3)cc2)c2ccc(-c3ccc4c(c3)C3(c5ccccc5-c5ccccc53)c3ccccc3-4)cc21. The second kappa shape index (κ2) is 12.6. The molecule has 12 rings (SSSR count). The van der Waals surface area contributed by atoms with E-state index in [4.69, 9.17) is 0 Å². The number of rotatable bonds is 4. The van der Waals surface area contributed by atoms with Crippen molar-refractivity contribution < 1.29 is 0 Å². The number of hydrogen-bond donors (Lipinski definition) is 0. The zero-order valence-electron chi connectivity index (χ0n) is 33.2. The van der Waals surface area contributed by atoms with Gasteiger partial charge in [0.25, 0.3) is 0 Å². The van der Waals surface area contributed by atoms with Crippen molar-refractivity contribution in [2.24, 2.45) is 0 Å². The molecule has 0 amide bonds. The zero-order valence-corrected chi connectivity index (χ0v) is 33.2. The number of fused-ring (bicyclic) bond motifs is 12. The molecule has 0 aromatic heterocycles. The molecule has 59 heavy (non-hydrogen) atoms. The second-order valence-electron chi connectivity index (χ2n) is 16.9. The van der Waals surface area contributed by atoms with Crippen LogP contribution in [0.3, 0.4) is 0 Å². The van der Waals surface area contributed by atoms with Crippen LogP contribution in [0.1, 0.15) is 47.2 Å². The van der Waals surface area contributed by atoms with Crippen molar-refractivity contribution in [3.8, 4) is 55.6 Å². The highest BCUT2D eigenvalue weighted by Gasteiger charge is 2.51. The number of anilines is 3. The topological polar surface area (TPSA) is 3.24 Å². The maximum Gasteiger partial charge on any atom is 0.0725 e. The average Bonchev–Trinajstić information content (AvgIpc) is 3.77. The van der Waals surface area contributed by atoms with Gasteiger partial charge in [0.2, 0.25) is 0 Å². The van der Waals surface area contributed by atoms with Crippen molar-refractivity contribution in [1.82, 2.24) is 0 Å². The molecule has 0 bridgehead atoms. The molecular weight excluding hydrogens is 711 g/mol. The van der Waals surface area contributed by atoms with Crippen molar-refractivity contribution in [3.05, 3.63) is 246 Å². The van der Waals surface area contributed by atoms with Crippen LogP contribution in [-0.4, -0.2) is 0 Å². The fraction of sp³-hybridized carbons (Fsp3) is 0.0690. The van der Waals surface area contributed by atoms with Gasteiger partial charge in [-0.25, -0.2) is 0 Å². The first-order chi connectivity index (χ1) is 29.0. The first-order valence-corrected chi connectivity index (χ1v) is 20.8. The van der Waals surface area contributed by atoms with Crippen LogP contribution in [0, 0.1) is 0 Å². The van der Waals surface area contributed by atoms with E-state index in [9.17, 15) is 0 Å². The molecule has 278 valence electrons. The van der Waals surface area contributed by atoms with E-state index in [0.717, 1.165) is 5.69 Å². The third kappa shape index (κ3) is 4.79. The Balaban J connectivity index is 1.04. The van der Waals surface area contributed by atoms with E-state index in [0.29, 0.717) is 0 Å². The molecule has 0 saturated heterocycles. The molecule has 0 radical (unpaired) electrons. The lowest BCUT2D eigenvalue weighted by molar-refractivity contribution is 0.632. The minimum absolute atomic E-state index is 0.274. The Morgan fingerprint density at radius 1 is 0.288 bits per heavy atom. The van der Waals surface area contributed by atoms with Crippen molar-refractivity contribution in [3.63, 3.8) is 0 Å². The summed E-state index contributed by atoms with van der Waals surface area (Å²) in [5.41, 5.74) is 23.7. The van der Waals surface area contributed by atoms with Gasteiger partial charge < -0.3 is 4.90 Å². The van der Waals surface area contributed by atoms with Crippen LogP contribution in [-0.2, 0) is 10.8 Å². The average molecular weight is 752 g/mol. The monoisotopic (exact) mass is 751 g/mol. The number of hydrogen-bond acceptors (Lipinski definition) is 1. The third-order valence-electron chi connectivity index (χ3n) is 13.5. The standard InChI is InChI=1S/C58H41N/c1-57(2)53-36-41(39-17-7-4-8-18-39)28-33-55(53)59(44-30-25-40(26-31-44)38-15-5-3-6-16-38)56-34-29-43(37-54(56)57)42-27-32-48-47-21-11-14-24-51(47)58(52(48)35-42)49-22-12-9-19-45(49)46-20-10-13-23-50(46)58/h3-37H,1-2H3. The maximum atomic E-state index is 2.51. The van der Waals surface area contributed by atoms with E-state index in [2.05, 4.69) is 231 Å². The summed E-state index contributed by atoms with van der Waals surface area (Å²) in [5.74, 6) is 0. The molecule has 0 atom stereocenters. The van der Waals surface area contributed by atoms with Gasteiger partial charge in [-0.3, -0.25) is 0 Å². The normalized spacial score (nSPS) is 14.5. The first-order valence-electron chi connectivity index (χ1n) is 20.8. The summed E-state index contributed by atoms with van der Waals surface area (Å²) < 4.78 is 0. The van der Waals surface area contributed by atoms with E-state index in [1.807, 2.05) is 0 Å². The Labute approximate surface area is 346 Å². The molecule has 0 unspecified atom stereocenters. The summed E-state index contributed by atoms with van der Waals surface area (Å²) in [5, 5.41) is 0. The lowest BCUT2D eigenvalue weighted by atomic mass is 9.70. The van der Waals surface area contributed by atoms with E-state index >= 15 is 0 Å². The summed E-state index contributed by atoms with van der Waals surface area (Å²) in [6.07, 6.45) is 0. The van der Waals surface area contributed by atoms with Gasteiger partial charge in [-0.1, -0.05) is 184 Å². The number of nitrogens with zero attached hydrogens (tertiary/aromatic N) is 1. The highest BCUT2D eigenvalue weighted by atomic mass is 15.2. The largest absolute Gasteiger partial charge is 0.310 e. The predicted molar refractivity (Wildman–Crippen MR) is 246 cm³/mol. The van der Waals surface area contributed by atoms with E-state index in [-0.39, 0.29) is 10.8 Å². The quantitative estimate of drug-likeness (QED) is 0.173. The van der Waals surface area contributed by atoms with Crippen molar-refractivity contribution in [1.29, 1.82) is 0 Å². The summed E-state index contributed by atoms with van der Waals surface area (Å²) in [4.78, 5) is 2.48. The Morgan fingerprint density at radius 3 is 1.15 bits per heavy atom. The van der Waals surface area contributed by atoms with Gasteiger partial charge in [0.05, 0.1) is 16.8 Å². The Bertz CT molecular complexity index is 3050. The van der Waals surface area contributed by atoms with E-state index in [1.54, 1.807) is 0 Å². The van der Waals surface area contributed by atoms with Crippen LogP contribution >= 0.6 is 0 Å². The lowest BCUT2D eigenvalue weighted by Gasteiger charge is -2.42.